The number of ether oxygens (including phenoxy) is 1. The number of hydrogen-bond acceptors (Lipinski definition) is 3. The van der Waals surface area contributed by atoms with Gasteiger partial charge in [0.05, 0.1) is 6.61 Å². The second-order valence-electron chi connectivity index (χ2n) is 4.14. The molecule has 0 aliphatic heterocycles. The first-order valence-corrected chi connectivity index (χ1v) is 7.67. The molecule has 0 fully saturated rings. The van der Waals surface area contributed by atoms with Crippen LogP contribution in [0.25, 0.3) is 0 Å². The van der Waals surface area contributed by atoms with E-state index in [9.17, 15) is 0 Å². The Morgan fingerprint density at radius 3 is 2.53 bits per heavy atom. The van der Waals surface area contributed by atoms with E-state index in [4.69, 9.17) is 4.74 Å². The molecule has 0 amide bonds. The van der Waals surface area contributed by atoms with Crippen molar-refractivity contribution < 1.29 is 4.74 Å². The first-order valence-electron chi connectivity index (χ1n) is 6.45. The molecule has 0 saturated carbocycles. The normalized spacial score (nSPS) is 10.2. The SMILES string of the molecule is CSc1ccccc1NCCCOc1ccccc1. The lowest BCUT2D eigenvalue weighted by Gasteiger charge is -2.10. The quantitative estimate of drug-likeness (QED) is 0.600. The van der Waals surface area contributed by atoms with E-state index >= 15 is 0 Å². The first kappa shape index (κ1) is 13.8. The molecule has 3 heteroatoms. The van der Waals surface area contributed by atoms with Gasteiger partial charge in [-0.15, -0.1) is 11.8 Å². The average molecular weight is 273 g/mol. The van der Waals surface area contributed by atoms with Gasteiger partial charge in [-0.2, -0.15) is 0 Å². The molecule has 0 bridgehead atoms. The number of hydrogen-bond donors (Lipinski definition) is 1. The molecule has 100 valence electrons. The summed E-state index contributed by atoms with van der Waals surface area (Å²) in [7, 11) is 0. The molecule has 0 saturated heterocycles. The molecule has 0 aliphatic rings. The van der Waals surface area contributed by atoms with Crippen molar-refractivity contribution in [2.24, 2.45) is 0 Å². The number of thioether (sulfide) groups is 1. The van der Waals surface area contributed by atoms with Gasteiger partial charge in [-0.1, -0.05) is 30.3 Å². The van der Waals surface area contributed by atoms with Gasteiger partial charge in [-0.05, 0) is 36.9 Å². The fraction of sp³-hybridized carbons (Fsp3) is 0.250. The Bertz CT molecular complexity index is 487. The van der Waals surface area contributed by atoms with E-state index < -0.39 is 0 Å². The van der Waals surface area contributed by atoms with Crippen LogP contribution in [0.5, 0.6) is 5.75 Å². The molecule has 0 aliphatic carbocycles. The van der Waals surface area contributed by atoms with Gasteiger partial charge in [-0.25, -0.2) is 0 Å². The third-order valence-electron chi connectivity index (χ3n) is 2.76. The highest BCUT2D eigenvalue weighted by Crippen LogP contribution is 2.24. The van der Waals surface area contributed by atoms with Crippen LogP contribution >= 0.6 is 11.8 Å². The summed E-state index contributed by atoms with van der Waals surface area (Å²) in [5.74, 6) is 0.937. The van der Waals surface area contributed by atoms with Gasteiger partial charge in [-0.3, -0.25) is 0 Å². The molecular weight excluding hydrogens is 254 g/mol. The zero-order valence-electron chi connectivity index (χ0n) is 11.1. The van der Waals surface area contributed by atoms with Crippen LogP contribution in [0.2, 0.25) is 0 Å². The lowest BCUT2D eigenvalue weighted by atomic mass is 10.3. The number of rotatable bonds is 7. The number of benzene rings is 2. The Hall–Kier alpha value is -1.61. The van der Waals surface area contributed by atoms with Gasteiger partial charge in [0.15, 0.2) is 0 Å². The molecule has 0 atom stereocenters. The van der Waals surface area contributed by atoms with Crippen LogP contribution in [0.1, 0.15) is 6.42 Å². The summed E-state index contributed by atoms with van der Waals surface area (Å²) < 4.78 is 5.66. The van der Waals surface area contributed by atoms with Crippen molar-refractivity contribution in [1.29, 1.82) is 0 Å². The molecule has 19 heavy (non-hydrogen) atoms. The van der Waals surface area contributed by atoms with Crippen molar-refractivity contribution in [2.75, 3.05) is 24.7 Å². The lowest BCUT2D eigenvalue weighted by molar-refractivity contribution is 0.315. The molecule has 0 aromatic heterocycles. The summed E-state index contributed by atoms with van der Waals surface area (Å²) in [6.45, 7) is 1.66. The number of anilines is 1. The standard InChI is InChI=1S/C16H19NOS/c1-19-16-11-6-5-10-15(16)17-12-7-13-18-14-8-3-2-4-9-14/h2-6,8-11,17H,7,12-13H2,1H3. The Labute approximate surface area is 119 Å². The summed E-state index contributed by atoms with van der Waals surface area (Å²) >= 11 is 1.76. The molecule has 1 N–H and O–H groups in total. The third kappa shape index (κ3) is 4.52. The maximum absolute atomic E-state index is 5.66. The minimum Gasteiger partial charge on any atom is -0.494 e. The van der Waals surface area contributed by atoms with Crippen LogP contribution in [0.15, 0.2) is 59.5 Å². The fourth-order valence-corrected chi connectivity index (χ4v) is 2.37. The Morgan fingerprint density at radius 1 is 1.00 bits per heavy atom. The van der Waals surface area contributed by atoms with Crippen molar-refractivity contribution in [1.82, 2.24) is 0 Å². The maximum Gasteiger partial charge on any atom is 0.119 e. The highest BCUT2D eigenvalue weighted by Gasteiger charge is 1.99. The van der Waals surface area contributed by atoms with E-state index in [1.165, 1.54) is 10.6 Å². The highest BCUT2D eigenvalue weighted by molar-refractivity contribution is 7.98. The largest absolute Gasteiger partial charge is 0.494 e. The Balaban J connectivity index is 1.69. The van der Waals surface area contributed by atoms with Crippen molar-refractivity contribution in [3.63, 3.8) is 0 Å². The van der Waals surface area contributed by atoms with Gasteiger partial charge >= 0.3 is 0 Å². The van der Waals surface area contributed by atoms with Crippen molar-refractivity contribution in [2.45, 2.75) is 11.3 Å². The van der Waals surface area contributed by atoms with E-state index in [0.29, 0.717) is 0 Å². The van der Waals surface area contributed by atoms with Gasteiger partial charge in [0.25, 0.3) is 0 Å². The number of para-hydroxylation sites is 2. The smallest absolute Gasteiger partial charge is 0.119 e. The predicted molar refractivity (Wildman–Crippen MR) is 83.3 cm³/mol. The molecule has 2 aromatic carbocycles. The van der Waals surface area contributed by atoms with Crippen LogP contribution < -0.4 is 10.1 Å². The van der Waals surface area contributed by atoms with Crippen molar-refractivity contribution >= 4 is 17.4 Å². The Kier molecular flexibility index (Phi) is 5.63. The minimum atomic E-state index is 0.735. The molecule has 0 spiro atoms. The van der Waals surface area contributed by atoms with E-state index in [1.807, 2.05) is 30.3 Å². The van der Waals surface area contributed by atoms with E-state index in [2.05, 4.69) is 35.8 Å². The van der Waals surface area contributed by atoms with Crippen LogP contribution in [-0.2, 0) is 0 Å². The highest BCUT2D eigenvalue weighted by atomic mass is 32.2. The van der Waals surface area contributed by atoms with Gasteiger partial charge < -0.3 is 10.1 Å². The van der Waals surface area contributed by atoms with E-state index in [0.717, 1.165) is 25.3 Å². The molecule has 2 nitrogen and oxygen atoms in total. The van der Waals surface area contributed by atoms with E-state index in [1.54, 1.807) is 11.8 Å². The van der Waals surface area contributed by atoms with Crippen molar-refractivity contribution in [3.05, 3.63) is 54.6 Å². The summed E-state index contributed by atoms with van der Waals surface area (Å²) in [5, 5.41) is 3.45. The molecule has 0 heterocycles. The molecular formula is C16H19NOS. The molecule has 0 unspecified atom stereocenters. The second kappa shape index (κ2) is 7.74. The van der Waals surface area contributed by atoms with Gasteiger partial charge in [0.1, 0.15) is 5.75 Å². The Morgan fingerprint density at radius 2 is 1.74 bits per heavy atom. The lowest BCUT2D eigenvalue weighted by Crippen LogP contribution is -2.07. The van der Waals surface area contributed by atoms with E-state index in [-0.39, 0.29) is 0 Å². The first-order chi connectivity index (χ1) is 9.40. The summed E-state index contributed by atoms with van der Waals surface area (Å²) in [6.07, 6.45) is 3.08. The monoisotopic (exact) mass is 273 g/mol. The molecule has 0 radical (unpaired) electrons. The zero-order valence-corrected chi connectivity index (χ0v) is 12.0. The predicted octanol–water partition coefficient (Wildman–Crippen LogP) is 4.29. The molecule has 2 aromatic rings. The average Bonchev–Trinajstić information content (AvgIpc) is 2.48. The van der Waals surface area contributed by atoms with Crippen LogP contribution in [0.4, 0.5) is 5.69 Å². The number of nitrogens with one attached hydrogen (secondary N) is 1. The zero-order chi connectivity index (χ0) is 13.3. The summed E-state index contributed by atoms with van der Waals surface area (Å²) in [4.78, 5) is 1.28. The van der Waals surface area contributed by atoms with Gasteiger partial charge in [0.2, 0.25) is 0 Å². The van der Waals surface area contributed by atoms with Crippen LogP contribution in [-0.4, -0.2) is 19.4 Å². The van der Waals surface area contributed by atoms with Gasteiger partial charge in [0, 0.05) is 17.1 Å². The second-order valence-corrected chi connectivity index (χ2v) is 4.99. The van der Waals surface area contributed by atoms with Crippen LogP contribution in [0.3, 0.4) is 0 Å². The molecule has 2 rings (SSSR count). The topological polar surface area (TPSA) is 21.3 Å². The third-order valence-corrected chi connectivity index (χ3v) is 3.55. The fourth-order valence-electron chi connectivity index (χ4n) is 1.79. The minimum absolute atomic E-state index is 0.735. The van der Waals surface area contributed by atoms with Crippen LogP contribution in [0, 0.1) is 0 Å². The summed E-state index contributed by atoms with van der Waals surface area (Å²) in [5.41, 5.74) is 1.20. The van der Waals surface area contributed by atoms with Crippen molar-refractivity contribution in [3.8, 4) is 5.75 Å². The maximum atomic E-state index is 5.66. The summed E-state index contributed by atoms with van der Waals surface area (Å²) in [6, 6.07) is 18.3.